The quantitative estimate of drug-likeness (QED) is 0.449. The number of amides is 2. The van der Waals surface area contributed by atoms with Crippen LogP contribution < -0.4 is 15.0 Å². The van der Waals surface area contributed by atoms with Crippen molar-refractivity contribution in [1.82, 2.24) is 0 Å². The van der Waals surface area contributed by atoms with E-state index in [-0.39, 0.29) is 17.7 Å². The minimum Gasteiger partial charge on any atom is -0.491 e. The zero-order chi connectivity index (χ0) is 23.7. The zero-order valence-electron chi connectivity index (χ0n) is 19.0. The van der Waals surface area contributed by atoms with Crippen LogP contribution in [0.15, 0.2) is 72.4 Å². The molecular weight excluding hydrogens is 436 g/mol. The summed E-state index contributed by atoms with van der Waals surface area (Å²) in [6.07, 6.45) is 0.0258. The molecule has 4 rings (SSSR count). The van der Waals surface area contributed by atoms with Crippen LogP contribution in [0.3, 0.4) is 0 Å². The molecule has 0 fully saturated rings. The summed E-state index contributed by atoms with van der Waals surface area (Å²) in [7, 11) is 0. The molecular formula is C27H25ClN2O3. The maximum atomic E-state index is 13.5. The lowest BCUT2D eigenvalue weighted by atomic mass is 10.0. The fourth-order valence-corrected chi connectivity index (χ4v) is 3.81. The maximum Gasteiger partial charge on any atom is 0.282 e. The second-order valence-electron chi connectivity index (χ2n) is 8.31. The van der Waals surface area contributed by atoms with Gasteiger partial charge in [-0.3, -0.25) is 9.59 Å². The molecule has 0 unspecified atom stereocenters. The Bertz CT molecular complexity index is 1250. The first kappa shape index (κ1) is 22.6. The normalized spacial score (nSPS) is 13.8. The predicted octanol–water partition coefficient (Wildman–Crippen LogP) is 6.14. The smallest absolute Gasteiger partial charge is 0.282 e. The number of benzene rings is 3. The maximum absolute atomic E-state index is 13.5. The van der Waals surface area contributed by atoms with E-state index in [4.69, 9.17) is 16.3 Å². The van der Waals surface area contributed by atoms with Gasteiger partial charge in [0.1, 0.15) is 11.4 Å². The van der Waals surface area contributed by atoms with E-state index in [1.165, 1.54) is 4.90 Å². The van der Waals surface area contributed by atoms with E-state index in [0.717, 1.165) is 11.1 Å². The van der Waals surface area contributed by atoms with Crippen molar-refractivity contribution < 1.29 is 14.3 Å². The molecule has 1 aliphatic heterocycles. The van der Waals surface area contributed by atoms with E-state index in [0.29, 0.717) is 33.3 Å². The van der Waals surface area contributed by atoms with Gasteiger partial charge in [-0.05, 0) is 75.2 Å². The summed E-state index contributed by atoms with van der Waals surface area (Å²) in [6.45, 7) is 7.76. The van der Waals surface area contributed by atoms with Crippen molar-refractivity contribution in [3.63, 3.8) is 0 Å². The average molecular weight is 461 g/mol. The average Bonchev–Trinajstić information content (AvgIpc) is 3.01. The number of anilines is 2. The predicted molar refractivity (Wildman–Crippen MR) is 133 cm³/mol. The van der Waals surface area contributed by atoms with Gasteiger partial charge in [-0.25, -0.2) is 4.90 Å². The summed E-state index contributed by atoms with van der Waals surface area (Å²) in [5.74, 6) is -0.140. The van der Waals surface area contributed by atoms with Crippen molar-refractivity contribution in [3.05, 3.63) is 94.1 Å². The van der Waals surface area contributed by atoms with Gasteiger partial charge < -0.3 is 10.1 Å². The monoisotopic (exact) mass is 460 g/mol. The molecule has 0 saturated heterocycles. The second-order valence-corrected chi connectivity index (χ2v) is 8.72. The van der Waals surface area contributed by atoms with Gasteiger partial charge in [0.2, 0.25) is 0 Å². The first-order valence-corrected chi connectivity index (χ1v) is 11.1. The largest absolute Gasteiger partial charge is 0.491 e. The van der Waals surface area contributed by atoms with Gasteiger partial charge in [-0.1, -0.05) is 47.5 Å². The molecule has 0 atom stereocenters. The van der Waals surface area contributed by atoms with Crippen LogP contribution in [-0.2, 0) is 9.59 Å². The fraction of sp³-hybridized carbons (Fsp3) is 0.185. The molecule has 1 aliphatic rings. The van der Waals surface area contributed by atoms with Crippen molar-refractivity contribution in [2.45, 2.75) is 33.8 Å². The van der Waals surface area contributed by atoms with E-state index in [1.54, 1.807) is 30.3 Å². The third-order valence-electron chi connectivity index (χ3n) is 5.33. The van der Waals surface area contributed by atoms with Crippen LogP contribution in [0.25, 0.3) is 5.57 Å². The first-order chi connectivity index (χ1) is 15.7. The Morgan fingerprint density at radius 2 is 1.55 bits per heavy atom. The third kappa shape index (κ3) is 4.64. The van der Waals surface area contributed by atoms with E-state index in [2.05, 4.69) is 5.32 Å². The number of halogens is 1. The molecule has 5 nitrogen and oxygen atoms in total. The van der Waals surface area contributed by atoms with Crippen molar-refractivity contribution >= 4 is 40.4 Å². The molecule has 0 spiro atoms. The molecule has 0 radical (unpaired) electrons. The molecule has 1 N–H and O–H groups in total. The van der Waals surface area contributed by atoms with Crippen LogP contribution in [0.2, 0.25) is 5.02 Å². The fourth-order valence-electron chi connectivity index (χ4n) is 3.63. The number of imide groups is 1. The molecule has 0 aliphatic carbocycles. The highest BCUT2D eigenvalue weighted by Crippen LogP contribution is 2.35. The van der Waals surface area contributed by atoms with Crippen molar-refractivity contribution in [1.29, 1.82) is 0 Å². The number of aryl methyl sites for hydroxylation is 2. The number of carbonyl (C=O) groups is 2. The highest BCUT2D eigenvalue weighted by Gasteiger charge is 2.40. The van der Waals surface area contributed by atoms with Gasteiger partial charge in [0.25, 0.3) is 11.8 Å². The van der Waals surface area contributed by atoms with Crippen molar-refractivity contribution in [2.24, 2.45) is 0 Å². The summed E-state index contributed by atoms with van der Waals surface area (Å²) in [5.41, 5.74) is 4.30. The molecule has 168 valence electrons. The third-order valence-corrected chi connectivity index (χ3v) is 5.74. The van der Waals surface area contributed by atoms with E-state index in [9.17, 15) is 9.59 Å². The number of carbonyl (C=O) groups excluding carboxylic acids is 2. The van der Waals surface area contributed by atoms with Crippen molar-refractivity contribution in [3.8, 4) is 5.75 Å². The van der Waals surface area contributed by atoms with Gasteiger partial charge >= 0.3 is 0 Å². The minimum absolute atomic E-state index is 0.0258. The Hall–Kier alpha value is -3.57. The molecule has 0 bridgehead atoms. The van der Waals surface area contributed by atoms with Crippen LogP contribution in [0.5, 0.6) is 5.75 Å². The summed E-state index contributed by atoms with van der Waals surface area (Å²) >= 11 is 6.28. The van der Waals surface area contributed by atoms with Crippen LogP contribution in [0.4, 0.5) is 11.4 Å². The van der Waals surface area contributed by atoms with Crippen LogP contribution in [-0.4, -0.2) is 17.9 Å². The van der Waals surface area contributed by atoms with Gasteiger partial charge in [0.15, 0.2) is 0 Å². The summed E-state index contributed by atoms with van der Waals surface area (Å²) in [4.78, 5) is 28.2. The number of nitrogens with one attached hydrogen (secondary N) is 1. The number of rotatable bonds is 6. The highest BCUT2D eigenvalue weighted by atomic mass is 35.5. The molecule has 2 amide bonds. The number of hydrogen-bond acceptors (Lipinski definition) is 4. The van der Waals surface area contributed by atoms with Crippen LogP contribution in [0.1, 0.15) is 30.5 Å². The lowest BCUT2D eigenvalue weighted by molar-refractivity contribution is -0.120. The number of ether oxygens (including phenoxy) is 1. The Kier molecular flexibility index (Phi) is 6.25. The number of hydrogen-bond donors (Lipinski definition) is 1. The molecule has 1 heterocycles. The Morgan fingerprint density at radius 1 is 0.879 bits per heavy atom. The lowest BCUT2D eigenvalue weighted by Crippen LogP contribution is -2.32. The Labute approximate surface area is 198 Å². The number of nitrogens with zero attached hydrogens (tertiary/aromatic N) is 1. The van der Waals surface area contributed by atoms with Crippen LogP contribution >= 0.6 is 11.6 Å². The molecule has 6 heteroatoms. The summed E-state index contributed by atoms with van der Waals surface area (Å²) < 4.78 is 5.68. The van der Waals surface area contributed by atoms with Crippen LogP contribution in [0, 0.1) is 13.8 Å². The minimum atomic E-state index is -0.426. The van der Waals surface area contributed by atoms with Gasteiger partial charge in [0, 0.05) is 10.7 Å². The Morgan fingerprint density at radius 3 is 2.15 bits per heavy atom. The zero-order valence-corrected chi connectivity index (χ0v) is 19.7. The molecule has 0 saturated carbocycles. The summed E-state index contributed by atoms with van der Waals surface area (Å²) in [5, 5.41) is 3.72. The topological polar surface area (TPSA) is 58.6 Å². The van der Waals surface area contributed by atoms with E-state index < -0.39 is 5.91 Å². The van der Waals surface area contributed by atoms with Crippen molar-refractivity contribution in [2.75, 3.05) is 10.2 Å². The summed E-state index contributed by atoms with van der Waals surface area (Å²) in [6, 6.07) is 19.9. The second kappa shape index (κ2) is 9.12. The van der Waals surface area contributed by atoms with E-state index >= 15 is 0 Å². The lowest BCUT2D eigenvalue weighted by Gasteiger charge is -2.17. The first-order valence-electron chi connectivity index (χ1n) is 10.7. The molecule has 0 aromatic heterocycles. The van der Waals surface area contributed by atoms with Gasteiger partial charge in [-0.2, -0.15) is 0 Å². The molecule has 33 heavy (non-hydrogen) atoms. The van der Waals surface area contributed by atoms with Gasteiger partial charge in [0.05, 0.1) is 17.4 Å². The highest BCUT2D eigenvalue weighted by molar-refractivity contribution is 6.46. The van der Waals surface area contributed by atoms with E-state index in [1.807, 2.05) is 64.1 Å². The van der Waals surface area contributed by atoms with Gasteiger partial charge in [-0.15, -0.1) is 0 Å². The SMILES string of the molecule is Cc1ccc(C2=C(Nc3ccc(C)c(Cl)c3)C(=O)N(c3ccc(OC(C)C)cc3)C2=O)cc1. The molecule has 3 aromatic carbocycles. The standard InChI is InChI=1S/C27H25ClN2O3/c1-16(2)33-22-13-11-21(12-14-22)30-26(31)24(19-8-5-17(3)6-9-19)25(27(30)32)29-20-10-7-18(4)23(28)15-20/h5-16,29H,1-4H3. The molecule has 3 aromatic rings. The Balaban J connectivity index is 1.75.